The molecule has 2 aromatic carbocycles. The Morgan fingerprint density at radius 2 is 2.10 bits per heavy atom. The second-order valence-electron chi connectivity index (χ2n) is 3.91. The smallest absolute Gasteiger partial charge is 0.335 e. The lowest BCUT2D eigenvalue weighted by atomic mass is 10.2. The van der Waals surface area contributed by atoms with Crippen LogP contribution >= 0.6 is 11.8 Å². The van der Waals surface area contributed by atoms with Gasteiger partial charge in [-0.1, -0.05) is 17.8 Å². The van der Waals surface area contributed by atoms with Crippen LogP contribution in [0.4, 0.5) is 0 Å². The molecular formula is C15H11NO3S. The van der Waals surface area contributed by atoms with Crippen LogP contribution in [0.1, 0.15) is 15.9 Å². The zero-order chi connectivity index (χ0) is 14.5. The van der Waals surface area contributed by atoms with E-state index >= 15 is 0 Å². The largest absolute Gasteiger partial charge is 0.497 e. The fourth-order valence-corrected chi connectivity index (χ4v) is 2.61. The van der Waals surface area contributed by atoms with Crippen molar-refractivity contribution in [2.45, 2.75) is 9.79 Å². The van der Waals surface area contributed by atoms with Gasteiger partial charge in [-0.15, -0.1) is 0 Å². The molecule has 0 unspecified atom stereocenters. The number of carboxylic acids is 1. The number of carbonyl (C=O) groups is 1. The minimum Gasteiger partial charge on any atom is -0.497 e. The van der Waals surface area contributed by atoms with E-state index in [1.807, 2.05) is 0 Å². The van der Waals surface area contributed by atoms with E-state index in [1.165, 1.54) is 17.8 Å². The number of nitriles is 1. The summed E-state index contributed by atoms with van der Waals surface area (Å²) in [6, 6.07) is 13.9. The lowest BCUT2D eigenvalue weighted by Gasteiger charge is -2.07. The van der Waals surface area contributed by atoms with Crippen LogP contribution in [0.25, 0.3) is 0 Å². The summed E-state index contributed by atoms with van der Waals surface area (Å²) >= 11 is 1.33. The number of hydrogen-bond donors (Lipinski definition) is 1. The Morgan fingerprint density at radius 3 is 2.75 bits per heavy atom. The zero-order valence-electron chi connectivity index (χ0n) is 10.7. The average molecular weight is 285 g/mol. The van der Waals surface area contributed by atoms with Crippen molar-refractivity contribution in [3.05, 3.63) is 53.6 Å². The Bertz CT molecular complexity index is 692. The van der Waals surface area contributed by atoms with E-state index in [9.17, 15) is 4.79 Å². The van der Waals surface area contributed by atoms with Crippen molar-refractivity contribution in [3.8, 4) is 11.8 Å². The van der Waals surface area contributed by atoms with Crippen molar-refractivity contribution < 1.29 is 14.6 Å². The lowest BCUT2D eigenvalue weighted by Crippen LogP contribution is -1.95. The summed E-state index contributed by atoms with van der Waals surface area (Å²) in [5, 5.41) is 18.1. The number of methoxy groups -OCH3 is 1. The highest BCUT2D eigenvalue weighted by Crippen LogP contribution is 2.33. The lowest BCUT2D eigenvalue weighted by molar-refractivity contribution is 0.0696. The Kier molecular flexibility index (Phi) is 4.28. The first-order valence-electron chi connectivity index (χ1n) is 5.73. The number of aromatic carboxylic acids is 1. The molecule has 0 atom stereocenters. The average Bonchev–Trinajstić information content (AvgIpc) is 2.47. The summed E-state index contributed by atoms with van der Waals surface area (Å²) in [5.41, 5.74) is 0.743. The molecule has 20 heavy (non-hydrogen) atoms. The Labute approximate surface area is 120 Å². The molecule has 0 radical (unpaired) electrons. The maximum Gasteiger partial charge on any atom is 0.335 e. The maximum atomic E-state index is 10.9. The van der Waals surface area contributed by atoms with E-state index in [4.69, 9.17) is 15.1 Å². The molecule has 0 aromatic heterocycles. The van der Waals surface area contributed by atoms with Crippen LogP contribution in [0.15, 0.2) is 52.3 Å². The van der Waals surface area contributed by atoms with Gasteiger partial charge in [0.2, 0.25) is 0 Å². The third-order valence-corrected chi connectivity index (χ3v) is 3.67. The maximum absolute atomic E-state index is 10.9. The quantitative estimate of drug-likeness (QED) is 0.932. The van der Waals surface area contributed by atoms with Gasteiger partial charge in [-0.3, -0.25) is 0 Å². The number of ether oxygens (including phenoxy) is 1. The van der Waals surface area contributed by atoms with Gasteiger partial charge in [0, 0.05) is 9.79 Å². The highest BCUT2D eigenvalue weighted by atomic mass is 32.2. The molecule has 0 saturated carbocycles. The summed E-state index contributed by atoms with van der Waals surface area (Å²) in [6.45, 7) is 0. The van der Waals surface area contributed by atoms with E-state index in [0.717, 1.165) is 9.79 Å². The highest BCUT2D eigenvalue weighted by molar-refractivity contribution is 7.99. The van der Waals surface area contributed by atoms with E-state index in [2.05, 4.69) is 6.07 Å². The van der Waals surface area contributed by atoms with Gasteiger partial charge >= 0.3 is 5.97 Å². The van der Waals surface area contributed by atoms with Gasteiger partial charge in [0.15, 0.2) is 0 Å². The summed E-state index contributed by atoms with van der Waals surface area (Å²) in [6.07, 6.45) is 0. The number of hydrogen-bond acceptors (Lipinski definition) is 4. The van der Waals surface area contributed by atoms with E-state index in [0.29, 0.717) is 11.3 Å². The van der Waals surface area contributed by atoms with Gasteiger partial charge in [-0.25, -0.2) is 4.79 Å². The molecule has 0 heterocycles. The predicted molar refractivity (Wildman–Crippen MR) is 75.2 cm³/mol. The minimum absolute atomic E-state index is 0.219. The predicted octanol–water partition coefficient (Wildman–Crippen LogP) is 3.42. The Morgan fingerprint density at radius 1 is 1.30 bits per heavy atom. The number of rotatable bonds is 4. The molecule has 0 spiro atoms. The highest BCUT2D eigenvalue weighted by Gasteiger charge is 2.08. The first-order chi connectivity index (χ1) is 9.63. The van der Waals surface area contributed by atoms with Crippen LogP contribution in [0.2, 0.25) is 0 Å². The topological polar surface area (TPSA) is 70.3 Å². The molecule has 0 bridgehead atoms. The molecule has 5 heteroatoms. The van der Waals surface area contributed by atoms with Gasteiger partial charge in [0.25, 0.3) is 0 Å². The van der Waals surface area contributed by atoms with Crippen LogP contribution < -0.4 is 4.74 Å². The Hall–Kier alpha value is -2.45. The van der Waals surface area contributed by atoms with Crippen LogP contribution in [0.3, 0.4) is 0 Å². The molecule has 0 fully saturated rings. The standard InChI is InChI=1S/C15H11NO3S/c1-19-12-6-5-11(9-16)14(8-12)20-13-4-2-3-10(7-13)15(17)18/h2-8H,1H3,(H,17,18). The monoisotopic (exact) mass is 285 g/mol. The molecule has 0 aliphatic carbocycles. The van der Waals surface area contributed by atoms with Crippen LogP contribution in [-0.2, 0) is 0 Å². The third-order valence-electron chi connectivity index (χ3n) is 2.62. The van der Waals surface area contributed by atoms with Crippen LogP contribution in [-0.4, -0.2) is 18.2 Å². The molecule has 100 valence electrons. The number of nitrogens with zero attached hydrogens (tertiary/aromatic N) is 1. The molecule has 1 N–H and O–H groups in total. The molecule has 0 aliphatic heterocycles. The molecule has 0 amide bonds. The van der Waals surface area contributed by atoms with Crippen molar-refractivity contribution >= 4 is 17.7 Å². The van der Waals surface area contributed by atoms with Crippen molar-refractivity contribution in [1.82, 2.24) is 0 Å². The van der Waals surface area contributed by atoms with Gasteiger partial charge in [0.05, 0.1) is 18.2 Å². The first-order valence-corrected chi connectivity index (χ1v) is 6.55. The molecule has 0 saturated heterocycles. The normalized spacial score (nSPS) is 9.80. The molecule has 4 nitrogen and oxygen atoms in total. The van der Waals surface area contributed by atoms with Gasteiger partial charge < -0.3 is 9.84 Å². The number of benzene rings is 2. The van der Waals surface area contributed by atoms with Crippen molar-refractivity contribution in [1.29, 1.82) is 5.26 Å². The van der Waals surface area contributed by atoms with E-state index < -0.39 is 5.97 Å². The van der Waals surface area contributed by atoms with E-state index in [1.54, 1.807) is 43.5 Å². The summed E-state index contributed by atoms with van der Waals surface area (Å²) in [4.78, 5) is 12.4. The fraction of sp³-hybridized carbons (Fsp3) is 0.0667. The second kappa shape index (κ2) is 6.13. The number of carboxylic acid groups (broad SMARTS) is 1. The van der Waals surface area contributed by atoms with Crippen LogP contribution in [0.5, 0.6) is 5.75 Å². The Balaban J connectivity index is 2.36. The zero-order valence-corrected chi connectivity index (χ0v) is 11.5. The molecular weight excluding hydrogens is 274 g/mol. The fourth-order valence-electron chi connectivity index (χ4n) is 1.63. The summed E-state index contributed by atoms with van der Waals surface area (Å²) in [5.74, 6) is -0.320. The van der Waals surface area contributed by atoms with Crippen molar-refractivity contribution in [2.24, 2.45) is 0 Å². The molecule has 2 rings (SSSR count). The van der Waals surface area contributed by atoms with Crippen molar-refractivity contribution in [2.75, 3.05) is 7.11 Å². The molecule has 2 aromatic rings. The van der Waals surface area contributed by atoms with Crippen molar-refractivity contribution in [3.63, 3.8) is 0 Å². The van der Waals surface area contributed by atoms with Gasteiger partial charge in [-0.05, 0) is 36.4 Å². The summed E-state index contributed by atoms with van der Waals surface area (Å²) in [7, 11) is 1.56. The minimum atomic E-state index is -0.974. The SMILES string of the molecule is COc1ccc(C#N)c(Sc2cccc(C(=O)O)c2)c1. The molecule has 0 aliphatic rings. The second-order valence-corrected chi connectivity index (χ2v) is 5.02. The summed E-state index contributed by atoms with van der Waals surface area (Å²) < 4.78 is 5.14. The first kappa shape index (κ1) is 14.0. The third kappa shape index (κ3) is 3.11. The van der Waals surface area contributed by atoms with E-state index in [-0.39, 0.29) is 5.56 Å². The van der Waals surface area contributed by atoms with Crippen LogP contribution in [0, 0.1) is 11.3 Å². The van der Waals surface area contributed by atoms with Gasteiger partial charge in [-0.2, -0.15) is 5.26 Å². The van der Waals surface area contributed by atoms with Gasteiger partial charge in [0.1, 0.15) is 11.8 Å².